The number of ether oxygens (including phenoxy) is 1. The first-order chi connectivity index (χ1) is 23.0. The molecule has 0 amide bonds. The summed E-state index contributed by atoms with van der Waals surface area (Å²) in [5.74, 6) is 2.05. The number of para-hydroxylation sites is 1. The summed E-state index contributed by atoms with van der Waals surface area (Å²) in [6.45, 7) is 15.5. The van der Waals surface area contributed by atoms with Crippen LogP contribution in [0.2, 0.25) is 0 Å². The molecule has 0 saturated heterocycles. The normalized spacial score (nSPS) is 12.1. The summed E-state index contributed by atoms with van der Waals surface area (Å²) in [4.78, 5) is 4.52. The van der Waals surface area contributed by atoms with Crippen LogP contribution in [0.5, 0.6) is 11.5 Å². The van der Waals surface area contributed by atoms with Crippen LogP contribution in [0.15, 0.2) is 109 Å². The second-order valence-corrected chi connectivity index (χ2v) is 14.2. The van der Waals surface area contributed by atoms with Crippen LogP contribution in [0, 0.1) is 5.82 Å². The molecule has 0 fully saturated rings. The van der Waals surface area contributed by atoms with Crippen molar-refractivity contribution in [2.75, 3.05) is 0 Å². The van der Waals surface area contributed by atoms with Gasteiger partial charge in [-0.2, -0.15) is 5.10 Å². The number of nitrogens with zero attached hydrogens (tertiary/aromatic N) is 4. The molecule has 4 aromatic carbocycles. The lowest BCUT2D eigenvalue weighted by Crippen LogP contribution is -2.13. The molecule has 0 saturated carbocycles. The van der Waals surface area contributed by atoms with E-state index in [0.29, 0.717) is 11.6 Å². The number of hydrogen-bond donors (Lipinski definition) is 0. The maximum atomic E-state index is 14.4. The predicted octanol–water partition coefficient (Wildman–Crippen LogP) is 11.5. The summed E-state index contributed by atoms with van der Waals surface area (Å²) in [5, 5.41) is 7.40. The van der Waals surface area contributed by atoms with Gasteiger partial charge in [0.05, 0.1) is 28.1 Å². The molecular weight excluding hydrogens is 595 g/mol. The maximum absolute atomic E-state index is 14.4. The number of rotatable bonds is 7. The quantitative estimate of drug-likeness (QED) is 0.175. The molecule has 0 N–H and O–H groups in total. The van der Waals surface area contributed by atoms with Gasteiger partial charge in [-0.3, -0.25) is 4.57 Å². The molecule has 3 aromatic heterocycles. The molecule has 7 rings (SSSR count). The van der Waals surface area contributed by atoms with Crippen molar-refractivity contribution in [3.63, 3.8) is 0 Å². The monoisotopic (exact) mass is 636 g/mol. The molecule has 3 heterocycles. The van der Waals surface area contributed by atoms with Crippen LogP contribution in [0.3, 0.4) is 0 Å². The molecule has 0 atom stereocenters. The van der Waals surface area contributed by atoms with Crippen molar-refractivity contribution in [2.45, 2.75) is 65.7 Å². The van der Waals surface area contributed by atoms with Crippen LogP contribution in [0.25, 0.3) is 44.4 Å². The summed E-state index contributed by atoms with van der Waals surface area (Å²) >= 11 is 0. The highest BCUT2D eigenvalue weighted by molar-refractivity contribution is 6.09. The highest BCUT2D eigenvalue weighted by atomic mass is 19.1. The Balaban J connectivity index is 1.39. The standard InChI is InChI=1S/C42H41FN4O/c1-26(2)40-39(28-13-9-8-10-14-28)41(27(3)4)47(45-40)31-21-29(42(5,6)7)22-33(24-31)48-32-17-18-35-34-15-11-12-16-36(34)46(37(35)25-32)38-23-30(43)19-20-44-38/h8-27H,1-7H3. The minimum atomic E-state index is -0.333. The second kappa shape index (κ2) is 12.1. The largest absolute Gasteiger partial charge is 0.457 e. The Kier molecular flexibility index (Phi) is 7.90. The summed E-state index contributed by atoms with van der Waals surface area (Å²) in [5.41, 5.74) is 8.45. The highest BCUT2D eigenvalue weighted by Crippen LogP contribution is 2.40. The average molecular weight is 637 g/mol. The predicted molar refractivity (Wildman–Crippen MR) is 194 cm³/mol. The van der Waals surface area contributed by atoms with E-state index in [0.717, 1.165) is 44.5 Å². The summed E-state index contributed by atoms with van der Waals surface area (Å²) in [6.07, 6.45) is 1.50. The van der Waals surface area contributed by atoms with Crippen LogP contribution in [-0.2, 0) is 5.41 Å². The first-order valence-electron chi connectivity index (χ1n) is 16.7. The number of pyridine rings is 1. The minimum Gasteiger partial charge on any atom is -0.457 e. The number of fused-ring (bicyclic) bond motifs is 3. The number of aromatic nitrogens is 4. The van der Waals surface area contributed by atoms with Gasteiger partial charge < -0.3 is 4.74 Å². The van der Waals surface area contributed by atoms with Crippen molar-refractivity contribution in [3.8, 4) is 34.1 Å². The minimum absolute atomic E-state index is 0.137. The van der Waals surface area contributed by atoms with E-state index in [1.54, 1.807) is 0 Å². The van der Waals surface area contributed by atoms with Gasteiger partial charge in [0.1, 0.15) is 23.1 Å². The van der Waals surface area contributed by atoms with Crippen molar-refractivity contribution in [3.05, 3.63) is 132 Å². The maximum Gasteiger partial charge on any atom is 0.140 e. The Labute approximate surface area is 281 Å². The smallest absolute Gasteiger partial charge is 0.140 e. The Bertz CT molecular complexity index is 2270. The van der Waals surface area contributed by atoms with Crippen molar-refractivity contribution >= 4 is 21.8 Å². The molecule has 0 aliphatic carbocycles. The van der Waals surface area contributed by atoms with E-state index < -0.39 is 0 Å². The molecule has 0 aliphatic rings. The Hall–Kier alpha value is -5.23. The third-order valence-corrected chi connectivity index (χ3v) is 8.92. The van der Waals surface area contributed by atoms with E-state index in [-0.39, 0.29) is 23.1 Å². The molecular formula is C42H41FN4O. The molecule has 0 bridgehead atoms. The fourth-order valence-electron chi connectivity index (χ4n) is 6.59. The fraction of sp³-hybridized carbons (Fsp3) is 0.238. The SMILES string of the molecule is CC(C)c1nn(-c2cc(Oc3ccc4c5ccccc5n(-c5cc(F)ccn5)c4c3)cc(C(C)(C)C)c2)c(C(C)C)c1-c1ccccc1. The molecule has 5 nitrogen and oxygen atoms in total. The van der Waals surface area contributed by atoms with Crippen molar-refractivity contribution in [2.24, 2.45) is 0 Å². The molecule has 0 radical (unpaired) electrons. The summed E-state index contributed by atoms with van der Waals surface area (Å²) < 4.78 is 25.2. The van der Waals surface area contributed by atoms with Gasteiger partial charge in [0.25, 0.3) is 0 Å². The molecule has 242 valence electrons. The van der Waals surface area contributed by atoms with Crippen LogP contribution in [0.1, 0.15) is 77.3 Å². The number of benzene rings is 4. The zero-order chi connectivity index (χ0) is 33.7. The number of halogens is 1. The lowest BCUT2D eigenvalue weighted by molar-refractivity contribution is 0.478. The Morgan fingerprint density at radius 3 is 2.15 bits per heavy atom. The van der Waals surface area contributed by atoms with E-state index in [1.165, 1.54) is 35.2 Å². The van der Waals surface area contributed by atoms with Crippen molar-refractivity contribution in [1.82, 2.24) is 19.3 Å². The first kappa shape index (κ1) is 31.4. The van der Waals surface area contributed by atoms with Gasteiger partial charge in [0.2, 0.25) is 0 Å². The molecule has 7 aromatic rings. The molecule has 48 heavy (non-hydrogen) atoms. The third kappa shape index (κ3) is 5.66. The van der Waals surface area contributed by atoms with Gasteiger partial charge in [-0.25, -0.2) is 14.1 Å². The van der Waals surface area contributed by atoms with E-state index >= 15 is 0 Å². The van der Waals surface area contributed by atoms with Crippen molar-refractivity contribution in [1.29, 1.82) is 0 Å². The Morgan fingerprint density at radius 2 is 1.44 bits per heavy atom. The van der Waals surface area contributed by atoms with Gasteiger partial charge in [-0.05, 0) is 64.8 Å². The fourth-order valence-corrected chi connectivity index (χ4v) is 6.59. The van der Waals surface area contributed by atoms with Gasteiger partial charge >= 0.3 is 0 Å². The highest BCUT2D eigenvalue weighted by Gasteiger charge is 2.26. The van der Waals surface area contributed by atoms with Gasteiger partial charge in [0.15, 0.2) is 0 Å². The van der Waals surface area contributed by atoms with Gasteiger partial charge in [-0.15, -0.1) is 0 Å². The molecule has 0 aliphatic heterocycles. The van der Waals surface area contributed by atoms with E-state index in [4.69, 9.17) is 9.84 Å². The second-order valence-electron chi connectivity index (χ2n) is 14.2. The molecule has 0 unspecified atom stereocenters. The number of hydrogen-bond acceptors (Lipinski definition) is 3. The summed E-state index contributed by atoms with van der Waals surface area (Å²) in [6, 6.07) is 34.1. The van der Waals surface area contributed by atoms with Crippen LogP contribution in [-0.4, -0.2) is 19.3 Å². The molecule has 6 heteroatoms. The van der Waals surface area contributed by atoms with Gasteiger partial charge in [0, 0.05) is 40.7 Å². The summed E-state index contributed by atoms with van der Waals surface area (Å²) in [7, 11) is 0. The van der Waals surface area contributed by atoms with Crippen molar-refractivity contribution < 1.29 is 9.13 Å². The zero-order valence-corrected chi connectivity index (χ0v) is 28.6. The molecule has 0 spiro atoms. The van der Waals surface area contributed by atoms with Crippen LogP contribution < -0.4 is 4.74 Å². The van der Waals surface area contributed by atoms with E-state index in [9.17, 15) is 4.39 Å². The van der Waals surface area contributed by atoms with Crippen LogP contribution in [0.4, 0.5) is 4.39 Å². The van der Waals surface area contributed by atoms with E-state index in [1.807, 2.05) is 34.9 Å². The van der Waals surface area contributed by atoms with Crippen LogP contribution >= 0.6 is 0 Å². The van der Waals surface area contributed by atoms with E-state index in [2.05, 4.69) is 119 Å². The lowest BCUT2D eigenvalue weighted by Gasteiger charge is -2.22. The zero-order valence-electron chi connectivity index (χ0n) is 28.6. The average Bonchev–Trinajstić information content (AvgIpc) is 3.62. The Morgan fingerprint density at radius 1 is 0.708 bits per heavy atom. The van der Waals surface area contributed by atoms with Gasteiger partial charge in [-0.1, -0.05) is 97.0 Å². The third-order valence-electron chi connectivity index (χ3n) is 8.92. The topological polar surface area (TPSA) is 44.9 Å². The lowest BCUT2D eigenvalue weighted by atomic mass is 9.86. The first-order valence-corrected chi connectivity index (χ1v) is 16.7.